The number of ether oxygens (including phenoxy) is 2. The van der Waals surface area contributed by atoms with E-state index in [2.05, 4.69) is 15.3 Å². The molecule has 10 heteroatoms. The number of amides is 1. The van der Waals surface area contributed by atoms with Crippen molar-refractivity contribution in [3.8, 4) is 0 Å². The number of rotatable bonds is 7. The number of hydrogen-bond donors (Lipinski definition) is 1. The zero-order chi connectivity index (χ0) is 24.1. The van der Waals surface area contributed by atoms with Gasteiger partial charge in [0.2, 0.25) is 5.95 Å². The lowest BCUT2D eigenvalue weighted by atomic mass is 9.95. The Bertz CT molecular complexity index is 1040. The molecule has 0 bridgehead atoms. The van der Waals surface area contributed by atoms with Gasteiger partial charge in [-0.2, -0.15) is 0 Å². The molecule has 1 aliphatic carbocycles. The van der Waals surface area contributed by atoms with Crippen LogP contribution in [0.4, 0.5) is 10.9 Å². The van der Waals surface area contributed by atoms with Crippen molar-refractivity contribution in [2.75, 3.05) is 29.9 Å². The highest BCUT2D eigenvalue weighted by Crippen LogP contribution is 2.38. The molecule has 0 saturated carbocycles. The van der Waals surface area contributed by atoms with Gasteiger partial charge in [0.05, 0.1) is 18.1 Å². The minimum Gasteiger partial charge on any atom is -0.462 e. The summed E-state index contributed by atoms with van der Waals surface area (Å²) >= 11 is 1.41. The number of aryl methyl sites for hydroxylation is 1. The fourth-order valence-corrected chi connectivity index (χ4v) is 5.70. The maximum absolute atomic E-state index is 12.9. The lowest BCUT2D eigenvalue weighted by Crippen LogP contribution is -2.42. The third-order valence-electron chi connectivity index (χ3n) is 6.14. The fourth-order valence-electron chi connectivity index (χ4n) is 4.42. The van der Waals surface area contributed by atoms with Crippen molar-refractivity contribution >= 4 is 40.1 Å². The van der Waals surface area contributed by atoms with Crippen LogP contribution in [0.1, 0.15) is 60.3 Å². The zero-order valence-electron chi connectivity index (χ0n) is 19.5. The summed E-state index contributed by atoms with van der Waals surface area (Å²) in [6.45, 7) is 4.78. The minimum atomic E-state index is -0.995. The van der Waals surface area contributed by atoms with Crippen molar-refractivity contribution in [3.63, 3.8) is 0 Å². The monoisotopic (exact) mass is 486 g/mol. The van der Waals surface area contributed by atoms with Crippen LogP contribution in [0.5, 0.6) is 0 Å². The second-order valence-electron chi connectivity index (χ2n) is 8.54. The van der Waals surface area contributed by atoms with Crippen molar-refractivity contribution < 1.29 is 23.9 Å². The molecule has 1 saturated heterocycles. The van der Waals surface area contributed by atoms with Crippen molar-refractivity contribution in [1.29, 1.82) is 0 Å². The fraction of sp³-hybridized carbons (Fsp3) is 0.542. The summed E-state index contributed by atoms with van der Waals surface area (Å²) < 4.78 is 10.8. The van der Waals surface area contributed by atoms with Gasteiger partial charge in [-0.05, 0) is 64.0 Å². The van der Waals surface area contributed by atoms with Gasteiger partial charge in [0.15, 0.2) is 6.10 Å². The Morgan fingerprint density at radius 1 is 1.21 bits per heavy atom. The molecule has 2 atom stereocenters. The van der Waals surface area contributed by atoms with E-state index in [1.807, 2.05) is 4.90 Å². The standard InChI is InChI=1S/C24H30N4O5S/c1-3-32-23(31)19-17-9-4-5-10-18(17)34-21(19)27-20(29)15(2)33-22(30)16-8-6-13-28(14-16)24-25-11-7-12-26-24/h7,11-12,15-16H,3-6,8-10,13-14H2,1-2H3,(H,27,29)/t15-,16-/m0/s1. The van der Waals surface area contributed by atoms with Gasteiger partial charge in [-0.25, -0.2) is 14.8 Å². The summed E-state index contributed by atoms with van der Waals surface area (Å²) in [7, 11) is 0. The topological polar surface area (TPSA) is 111 Å². The highest BCUT2D eigenvalue weighted by molar-refractivity contribution is 7.17. The number of carbonyl (C=O) groups is 3. The Hall–Kier alpha value is -3.01. The van der Waals surface area contributed by atoms with E-state index >= 15 is 0 Å². The van der Waals surface area contributed by atoms with Gasteiger partial charge in [-0.3, -0.25) is 9.59 Å². The van der Waals surface area contributed by atoms with E-state index in [-0.39, 0.29) is 12.5 Å². The van der Waals surface area contributed by atoms with Crippen molar-refractivity contribution in [1.82, 2.24) is 9.97 Å². The van der Waals surface area contributed by atoms with Crippen LogP contribution >= 0.6 is 11.3 Å². The first-order valence-corrected chi connectivity index (χ1v) is 12.6. The molecular formula is C24H30N4O5S. The Morgan fingerprint density at radius 3 is 2.74 bits per heavy atom. The van der Waals surface area contributed by atoms with Crippen LogP contribution in [0, 0.1) is 5.92 Å². The van der Waals surface area contributed by atoms with Crippen LogP contribution < -0.4 is 10.2 Å². The lowest BCUT2D eigenvalue weighted by molar-refractivity contribution is -0.157. The lowest BCUT2D eigenvalue weighted by Gasteiger charge is -2.31. The van der Waals surface area contributed by atoms with Crippen LogP contribution in [-0.2, 0) is 31.9 Å². The van der Waals surface area contributed by atoms with Crippen molar-refractivity contribution in [3.05, 3.63) is 34.5 Å². The van der Waals surface area contributed by atoms with Crippen molar-refractivity contribution in [2.24, 2.45) is 5.92 Å². The molecule has 2 aromatic heterocycles. The number of hydrogen-bond acceptors (Lipinski definition) is 9. The molecule has 2 aliphatic rings. The first-order chi connectivity index (χ1) is 16.5. The van der Waals surface area contributed by atoms with Crippen LogP contribution in [-0.4, -0.2) is 53.6 Å². The largest absolute Gasteiger partial charge is 0.462 e. The molecule has 1 fully saturated rings. The van der Waals surface area contributed by atoms with E-state index in [0.29, 0.717) is 29.5 Å². The predicted molar refractivity (Wildman–Crippen MR) is 128 cm³/mol. The van der Waals surface area contributed by atoms with E-state index in [4.69, 9.17) is 9.47 Å². The highest BCUT2D eigenvalue weighted by atomic mass is 32.1. The number of fused-ring (bicyclic) bond motifs is 1. The Kier molecular flexibility index (Phi) is 7.77. The summed E-state index contributed by atoms with van der Waals surface area (Å²) in [6.07, 6.45) is 7.58. The van der Waals surface area contributed by atoms with Gasteiger partial charge in [-0.1, -0.05) is 0 Å². The molecule has 1 amide bonds. The number of anilines is 2. The molecule has 1 N–H and O–H groups in total. The molecule has 0 unspecified atom stereocenters. The minimum absolute atomic E-state index is 0.261. The van der Waals surface area contributed by atoms with Gasteiger partial charge in [0.1, 0.15) is 5.00 Å². The van der Waals surface area contributed by atoms with E-state index in [1.54, 1.807) is 32.3 Å². The number of aromatic nitrogens is 2. The van der Waals surface area contributed by atoms with Crippen LogP contribution in [0.2, 0.25) is 0 Å². The first-order valence-electron chi connectivity index (χ1n) is 11.8. The molecule has 1 aliphatic heterocycles. The first kappa shape index (κ1) is 24.1. The maximum Gasteiger partial charge on any atom is 0.341 e. The van der Waals surface area contributed by atoms with Gasteiger partial charge < -0.3 is 19.7 Å². The Balaban J connectivity index is 1.40. The summed E-state index contributed by atoms with van der Waals surface area (Å²) in [5.74, 6) is -1.08. The molecule has 0 radical (unpaired) electrons. The third-order valence-corrected chi connectivity index (χ3v) is 7.35. The maximum atomic E-state index is 12.9. The van der Waals surface area contributed by atoms with Crippen molar-refractivity contribution in [2.45, 2.75) is 58.5 Å². The number of thiophene rings is 1. The number of piperidine rings is 1. The second kappa shape index (κ2) is 10.9. The quantitative estimate of drug-likeness (QED) is 0.593. The summed E-state index contributed by atoms with van der Waals surface area (Å²) in [5.41, 5.74) is 1.42. The molecular weight excluding hydrogens is 456 g/mol. The predicted octanol–water partition coefficient (Wildman–Crippen LogP) is 3.38. The van der Waals surface area contributed by atoms with Crippen LogP contribution in [0.3, 0.4) is 0 Å². The van der Waals surface area contributed by atoms with E-state index in [1.165, 1.54) is 11.3 Å². The molecule has 34 heavy (non-hydrogen) atoms. The zero-order valence-corrected chi connectivity index (χ0v) is 20.4. The average Bonchev–Trinajstić information content (AvgIpc) is 3.22. The van der Waals surface area contributed by atoms with Gasteiger partial charge >= 0.3 is 11.9 Å². The number of nitrogens with zero attached hydrogens (tertiary/aromatic N) is 3. The SMILES string of the molecule is CCOC(=O)c1c(NC(=O)[C@H](C)OC(=O)[C@H]2CCCN(c3ncccn3)C2)sc2c1CCCC2. The van der Waals surface area contributed by atoms with Crippen LogP contribution in [0.15, 0.2) is 18.5 Å². The van der Waals surface area contributed by atoms with E-state index in [0.717, 1.165) is 49.1 Å². The summed E-state index contributed by atoms with van der Waals surface area (Å²) in [6, 6.07) is 1.75. The number of carbonyl (C=O) groups excluding carboxylic acids is 3. The number of esters is 2. The normalized spacial score (nSPS) is 18.5. The number of nitrogens with one attached hydrogen (secondary N) is 1. The van der Waals surface area contributed by atoms with E-state index in [9.17, 15) is 14.4 Å². The summed E-state index contributed by atoms with van der Waals surface area (Å²) in [4.78, 5) is 49.9. The molecule has 9 nitrogen and oxygen atoms in total. The molecule has 0 aromatic carbocycles. The van der Waals surface area contributed by atoms with Crippen LogP contribution in [0.25, 0.3) is 0 Å². The second-order valence-corrected chi connectivity index (χ2v) is 9.64. The molecule has 2 aromatic rings. The Morgan fingerprint density at radius 2 is 1.97 bits per heavy atom. The van der Waals surface area contributed by atoms with Gasteiger partial charge in [0, 0.05) is 30.4 Å². The molecule has 182 valence electrons. The highest BCUT2D eigenvalue weighted by Gasteiger charge is 2.32. The van der Waals surface area contributed by atoms with Gasteiger partial charge in [0.25, 0.3) is 5.91 Å². The van der Waals surface area contributed by atoms with Gasteiger partial charge in [-0.15, -0.1) is 11.3 Å². The summed E-state index contributed by atoms with van der Waals surface area (Å²) in [5, 5.41) is 3.30. The van der Waals surface area contributed by atoms with E-state index < -0.39 is 23.9 Å². The molecule has 4 rings (SSSR count). The third kappa shape index (κ3) is 5.38. The average molecular weight is 487 g/mol. The molecule has 0 spiro atoms. The molecule has 3 heterocycles. The Labute approximate surface area is 202 Å². The smallest absolute Gasteiger partial charge is 0.341 e.